The van der Waals surface area contributed by atoms with Crippen LogP contribution in [0.4, 0.5) is 0 Å². The molecule has 0 aliphatic carbocycles. The average molecular weight is 289 g/mol. The Labute approximate surface area is 129 Å². The molecular weight excluding hydrogens is 258 g/mol. The van der Waals surface area contributed by atoms with Gasteiger partial charge in [-0.15, -0.1) is 0 Å². The lowest BCUT2D eigenvalue weighted by molar-refractivity contribution is -0.969. The number of hydrogen-bond acceptors (Lipinski definition) is 1. The second-order valence-corrected chi connectivity index (χ2v) is 7.53. The van der Waals surface area contributed by atoms with Gasteiger partial charge in [-0.3, -0.25) is 4.98 Å². The van der Waals surface area contributed by atoms with E-state index in [2.05, 4.69) is 31.0 Å². The van der Waals surface area contributed by atoms with Crippen LogP contribution in [0.5, 0.6) is 0 Å². The van der Waals surface area contributed by atoms with Crippen LogP contribution in [0.3, 0.4) is 0 Å². The molecule has 0 saturated carbocycles. The summed E-state index contributed by atoms with van der Waals surface area (Å²) in [6.45, 7) is 11.5. The number of pyridine rings is 1. The second kappa shape index (κ2) is 6.89. The minimum atomic E-state index is 0.919. The van der Waals surface area contributed by atoms with E-state index in [4.69, 9.17) is 0 Å². The van der Waals surface area contributed by atoms with Crippen molar-refractivity contribution in [2.24, 2.45) is 11.8 Å². The Kier molecular flexibility index (Phi) is 4.91. The van der Waals surface area contributed by atoms with Crippen molar-refractivity contribution in [3.8, 4) is 0 Å². The molecule has 2 aliphatic heterocycles. The van der Waals surface area contributed by atoms with E-state index in [0.717, 1.165) is 24.4 Å². The maximum atomic E-state index is 4.48. The predicted octanol–water partition coefficient (Wildman–Crippen LogP) is 0.190. The summed E-state index contributed by atoms with van der Waals surface area (Å²) in [5, 5.41) is 0. The molecule has 2 N–H and O–H groups in total. The minimum absolute atomic E-state index is 0.919. The summed E-state index contributed by atoms with van der Waals surface area (Å²) in [6, 6.07) is 7.20. The SMILES string of the molecule is C[C@@H]1C[C@@H](C)C[NH+](C2CC[NH+](Cc3ccccn3)CC2)C1. The maximum absolute atomic E-state index is 4.48. The van der Waals surface area contributed by atoms with Crippen LogP contribution in [0, 0.1) is 11.8 Å². The number of nitrogens with one attached hydrogen (secondary N) is 2. The fraction of sp³-hybridized carbons (Fsp3) is 0.722. The molecule has 2 saturated heterocycles. The molecule has 3 nitrogen and oxygen atoms in total. The Morgan fingerprint density at radius 1 is 1.10 bits per heavy atom. The van der Waals surface area contributed by atoms with E-state index in [1.807, 2.05) is 17.2 Å². The highest BCUT2D eigenvalue weighted by molar-refractivity contribution is 5.01. The number of nitrogens with zero attached hydrogens (tertiary/aromatic N) is 1. The van der Waals surface area contributed by atoms with Crippen molar-refractivity contribution in [3.63, 3.8) is 0 Å². The zero-order chi connectivity index (χ0) is 14.7. The zero-order valence-electron chi connectivity index (χ0n) is 13.6. The summed E-state index contributed by atoms with van der Waals surface area (Å²) in [5.41, 5.74) is 1.25. The number of hydrogen-bond donors (Lipinski definition) is 2. The minimum Gasteiger partial charge on any atom is -0.332 e. The first-order valence-electron chi connectivity index (χ1n) is 8.78. The van der Waals surface area contributed by atoms with E-state index in [0.29, 0.717) is 0 Å². The third-order valence-electron chi connectivity index (χ3n) is 5.45. The first-order chi connectivity index (χ1) is 10.2. The summed E-state index contributed by atoms with van der Waals surface area (Å²) in [4.78, 5) is 8.10. The van der Waals surface area contributed by atoms with Gasteiger partial charge in [0.25, 0.3) is 0 Å². The molecule has 3 heteroatoms. The van der Waals surface area contributed by atoms with Crippen LogP contribution in [0.25, 0.3) is 0 Å². The predicted molar refractivity (Wildman–Crippen MR) is 85.3 cm³/mol. The van der Waals surface area contributed by atoms with Crippen molar-refractivity contribution in [1.82, 2.24) is 4.98 Å². The average Bonchev–Trinajstić information content (AvgIpc) is 2.48. The molecule has 1 aromatic heterocycles. The highest BCUT2D eigenvalue weighted by Crippen LogP contribution is 2.13. The number of quaternary nitrogens is 2. The molecule has 0 bridgehead atoms. The van der Waals surface area contributed by atoms with Crippen molar-refractivity contribution < 1.29 is 9.80 Å². The first kappa shape index (κ1) is 15.0. The Morgan fingerprint density at radius 2 is 1.81 bits per heavy atom. The van der Waals surface area contributed by atoms with E-state index in [9.17, 15) is 0 Å². The van der Waals surface area contributed by atoms with Gasteiger partial charge in [0.2, 0.25) is 0 Å². The van der Waals surface area contributed by atoms with Crippen LogP contribution in [0.1, 0.15) is 38.8 Å². The lowest BCUT2D eigenvalue weighted by Crippen LogP contribution is -3.21. The number of likely N-dealkylation sites (tertiary alicyclic amines) is 2. The van der Waals surface area contributed by atoms with Crippen molar-refractivity contribution >= 4 is 0 Å². The van der Waals surface area contributed by atoms with Gasteiger partial charge < -0.3 is 9.80 Å². The van der Waals surface area contributed by atoms with E-state index in [1.165, 1.54) is 51.1 Å². The molecule has 1 aromatic rings. The fourth-order valence-corrected chi connectivity index (χ4v) is 4.54. The van der Waals surface area contributed by atoms with Gasteiger partial charge in [-0.2, -0.15) is 0 Å². The molecule has 0 radical (unpaired) electrons. The van der Waals surface area contributed by atoms with E-state index in [1.54, 1.807) is 4.90 Å². The quantitative estimate of drug-likeness (QED) is 0.815. The summed E-state index contributed by atoms with van der Waals surface area (Å²) in [7, 11) is 0. The van der Waals surface area contributed by atoms with E-state index in [-0.39, 0.29) is 0 Å². The molecule has 2 fully saturated rings. The molecule has 116 valence electrons. The van der Waals surface area contributed by atoms with Gasteiger partial charge in [0.15, 0.2) is 0 Å². The molecule has 2 aliphatic rings. The number of rotatable bonds is 3. The summed E-state index contributed by atoms with van der Waals surface area (Å²) < 4.78 is 0. The Hall–Kier alpha value is -0.930. The molecule has 0 unspecified atom stereocenters. The second-order valence-electron chi connectivity index (χ2n) is 7.53. The van der Waals surface area contributed by atoms with Gasteiger partial charge in [-0.1, -0.05) is 19.9 Å². The van der Waals surface area contributed by atoms with Crippen molar-refractivity contribution in [1.29, 1.82) is 0 Å². The van der Waals surface area contributed by atoms with Gasteiger partial charge in [-0.05, 0) is 18.6 Å². The smallest absolute Gasteiger partial charge is 0.120 e. The first-order valence-corrected chi connectivity index (χ1v) is 8.78. The summed E-state index contributed by atoms with van der Waals surface area (Å²) >= 11 is 0. The maximum Gasteiger partial charge on any atom is 0.120 e. The van der Waals surface area contributed by atoms with Gasteiger partial charge in [0, 0.05) is 30.9 Å². The van der Waals surface area contributed by atoms with Gasteiger partial charge >= 0.3 is 0 Å². The lowest BCUT2D eigenvalue weighted by atomic mass is 9.89. The van der Waals surface area contributed by atoms with Crippen LogP contribution < -0.4 is 9.80 Å². The molecule has 0 spiro atoms. The van der Waals surface area contributed by atoms with Crippen LogP contribution in [-0.2, 0) is 6.54 Å². The van der Waals surface area contributed by atoms with Crippen LogP contribution >= 0.6 is 0 Å². The highest BCUT2D eigenvalue weighted by atomic mass is 15.2. The zero-order valence-corrected chi connectivity index (χ0v) is 13.6. The van der Waals surface area contributed by atoms with E-state index < -0.39 is 0 Å². The fourth-order valence-electron chi connectivity index (χ4n) is 4.54. The number of piperidine rings is 2. The van der Waals surface area contributed by atoms with Crippen LogP contribution in [0.2, 0.25) is 0 Å². The lowest BCUT2D eigenvalue weighted by Gasteiger charge is -2.39. The van der Waals surface area contributed by atoms with Crippen LogP contribution in [0.15, 0.2) is 24.4 Å². The van der Waals surface area contributed by atoms with Gasteiger partial charge in [-0.25, -0.2) is 0 Å². The third-order valence-corrected chi connectivity index (χ3v) is 5.45. The highest BCUT2D eigenvalue weighted by Gasteiger charge is 2.34. The van der Waals surface area contributed by atoms with Crippen molar-refractivity contribution in [2.75, 3.05) is 26.2 Å². The van der Waals surface area contributed by atoms with Gasteiger partial charge in [0.1, 0.15) is 6.54 Å². The number of aromatic nitrogens is 1. The molecule has 0 aromatic carbocycles. The monoisotopic (exact) mass is 289 g/mol. The topological polar surface area (TPSA) is 21.8 Å². The third kappa shape index (κ3) is 4.04. The van der Waals surface area contributed by atoms with Gasteiger partial charge in [0.05, 0.1) is 37.9 Å². The molecule has 3 heterocycles. The van der Waals surface area contributed by atoms with E-state index >= 15 is 0 Å². The normalized spacial score (nSPS) is 37.3. The largest absolute Gasteiger partial charge is 0.332 e. The Bertz CT molecular complexity index is 415. The summed E-state index contributed by atoms with van der Waals surface area (Å²) in [5.74, 6) is 1.84. The standard InChI is InChI=1S/C18H29N3/c1-15-11-16(2)13-21(12-15)18-6-9-20(10-7-18)14-17-5-3-4-8-19-17/h3-5,8,15-16,18H,6-7,9-14H2,1-2H3/p+2/t15-,16-/m1/s1. The molecule has 0 amide bonds. The van der Waals surface area contributed by atoms with Crippen LogP contribution in [-0.4, -0.2) is 37.2 Å². The molecular formula is C18H31N3+2. The Morgan fingerprint density at radius 3 is 2.43 bits per heavy atom. The summed E-state index contributed by atoms with van der Waals surface area (Å²) in [6.07, 6.45) is 6.16. The van der Waals surface area contributed by atoms with Crippen molar-refractivity contribution in [2.45, 2.75) is 45.7 Å². The molecule has 21 heavy (non-hydrogen) atoms. The Balaban J connectivity index is 1.48. The molecule has 3 rings (SSSR count). The van der Waals surface area contributed by atoms with Crippen molar-refractivity contribution in [3.05, 3.63) is 30.1 Å². The molecule has 2 atom stereocenters.